The molecule has 1 saturated heterocycles. The van der Waals surface area contributed by atoms with Gasteiger partial charge >= 0.3 is 0 Å². The fraction of sp³-hybridized carbons (Fsp3) is 0.333. The number of hydrogen-bond donors (Lipinski definition) is 1. The Morgan fingerprint density at radius 3 is 2.67 bits per heavy atom. The monoisotopic (exact) mass is 345 g/mol. The third-order valence-corrected chi connectivity index (χ3v) is 4.50. The molecule has 0 aliphatic carbocycles. The van der Waals surface area contributed by atoms with Crippen LogP contribution < -0.4 is 10.1 Å². The summed E-state index contributed by atoms with van der Waals surface area (Å²) in [7, 11) is 0. The molecule has 1 unspecified atom stereocenters. The highest BCUT2D eigenvalue weighted by atomic mass is 79.9. The third-order valence-electron chi connectivity index (χ3n) is 3.88. The van der Waals surface area contributed by atoms with Crippen molar-refractivity contribution in [3.05, 3.63) is 64.1 Å². The van der Waals surface area contributed by atoms with Crippen molar-refractivity contribution in [1.82, 2.24) is 5.32 Å². The summed E-state index contributed by atoms with van der Waals surface area (Å²) in [6.07, 6.45) is 2.16. The van der Waals surface area contributed by atoms with Crippen LogP contribution in [0.15, 0.2) is 53.0 Å². The van der Waals surface area contributed by atoms with Crippen LogP contribution in [0.5, 0.6) is 5.75 Å². The highest BCUT2D eigenvalue weighted by Gasteiger charge is 2.15. The standard InChI is InChI=1S/C18H20BrNO/c19-17-11-15(10-14-4-2-1-3-5-14)6-7-18(17)21-13-16-8-9-20-12-16/h1-7,11,16,20H,8-10,12-13H2. The molecule has 0 aromatic heterocycles. The molecule has 0 saturated carbocycles. The summed E-state index contributed by atoms with van der Waals surface area (Å²) in [6.45, 7) is 2.98. The molecule has 3 heteroatoms. The summed E-state index contributed by atoms with van der Waals surface area (Å²) in [6, 6.07) is 16.9. The van der Waals surface area contributed by atoms with Gasteiger partial charge in [-0.1, -0.05) is 36.4 Å². The van der Waals surface area contributed by atoms with Crippen LogP contribution in [-0.4, -0.2) is 19.7 Å². The highest BCUT2D eigenvalue weighted by Crippen LogP contribution is 2.27. The van der Waals surface area contributed by atoms with E-state index in [0.29, 0.717) is 5.92 Å². The van der Waals surface area contributed by atoms with E-state index < -0.39 is 0 Å². The van der Waals surface area contributed by atoms with Crippen molar-refractivity contribution in [2.45, 2.75) is 12.8 Å². The molecule has 1 heterocycles. The van der Waals surface area contributed by atoms with E-state index in [0.717, 1.165) is 36.3 Å². The first-order valence-corrected chi connectivity index (χ1v) is 8.26. The predicted octanol–water partition coefficient (Wildman–Crippen LogP) is 4.03. The van der Waals surface area contributed by atoms with Gasteiger partial charge in [0.2, 0.25) is 0 Å². The number of benzene rings is 2. The summed E-state index contributed by atoms with van der Waals surface area (Å²) in [5, 5.41) is 3.37. The number of halogens is 1. The van der Waals surface area contributed by atoms with Gasteiger partial charge < -0.3 is 10.1 Å². The van der Waals surface area contributed by atoms with Crippen molar-refractivity contribution in [1.29, 1.82) is 0 Å². The third kappa shape index (κ3) is 4.08. The first kappa shape index (κ1) is 14.6. The maximum Gasteiger partial charge on any atom is 0.133 e. The van der Waals surface area contributed by atoms with Gasteiger partial charge in [-0.05, 0) is 58.6 Å². The zero-order valence-electron chi connectivity index (χ0n) is 12.0. The van der Waals surface area contributed by atoms with E-state index in [-0.39, 0.29) is 0 Å². The quantitative estimate of drug-likeness (QED) is 0.883. The second kappa shape index (κ2) is 7.10. The fourth-order valence-electron chi connectivity index (χ4n) is 2.67. The lowest BCUT2D eigenvalue weighted by Gasteiger charge is -2.13. The molecule has 2 aromatic carbocycles. The summed E-state index contributed by atoms with van der Waals surface area (Å²) >= 11 is 3.63. The van der Waals surface area contributed by atoms with Crippen molar-refractivity contribution in [2.75, 3.05) is 19.7 Å². The number of hydrogen-bond acceptors (Lipinski definition) is 2. The van der Waals surface area contributed by atoms with Gasteiger partial charge in [-0.2, -0.15) is 0 Å². The lowest BCUT2D eigenvalue weighted by molar-refractivity contribution is 0.258. The van der Waals surface area contributed by atoms with Crippen LogP contribution >= 0.6 is 15.9 Å². The number of ether oxygens (including phenoxy) is 1. The second-order valence-corrected chi connectivity index (χ2v) is 6.45. The summed E-state index contributed by atoms with van der Waals surface area (Å²) in [5.41, 5.74) is 2.62. The zero-order chi connectivity index (χ0) is 14.5. The van der Waals surface area contributed by atoms with Crippen LogP contribution in [0, 0.1) is 5.92 Å². The van der Waals surface area contributed by atoms with Crippen LogP contribution in [0.4, 0.5) is 0 Å². The Balaban J connectivity index is 1.62. The Hall–Kier alpha value is -1.32. The van der Waals surface area contributed by atoms with E-state index >= 15 is 0 Å². The van der Waals surface area contributed by atoms with Crippen molar-refractivity contribution >= 4 is 15.9 Å². The molecule has 0 radical (unpaired) electrons. The number of rotatable bonds is 5. The molecule has 21 heavy (non-hydrogen) atoms. The first-order valence-electron chi connectivity index (χ1n) is 7.47. The maximum absolute atomic E-state index is 5.94. The van der Waals surface area contributed by atoms with E-state index in [4.69, 9.17) is 4.74 Å². The van der Waals surface area contributed by atoms with Crippen molar-refractivity contribution in [3.63, 3.8) is 0 Å². The van der Waals surface area contributed by atoms with Gasteiger partial charge in [0.15, 0.2) is 0 Å². The topological polar surface area (TPSA) is 21.3 Å². The van der Waals surface area contributed by atoms with E-state index in [2.05, 4.69) is 63.7 Å². The molecule has 1 aliphatic heterocycles. The molecule has 2 aromatic rings. The average Bonchev–Trinajstić information content (AvgIpc) is 3.01. The van der Waals surface area contributed by atoms with E-state index in [1.807, 2.05) is 6.07 Å². The lowest BCUT2D eigenvalue weighted by Crippen LogP contribution is -2.15. The minimum absolute atomic E-state index is 0.640. The van der Waals surface area contributed by atoms with Crippen molar-refractivity contribution in [3.8, 4) is 5.75 Å². The summed E-state index contributed by atoms with van der Waals surface area (Å²) in [4.78, 5) is 0. The normalized spacial score (nSPS) is 17.9. The van der Waals surface area contributed by atoms with E-state index in [9.17, 15) is 0 Å². The van der Waals surface area contributed by atoms with Gasteiger partial charge in [-0.3, -0.25) is 0 Å². The van der Waals surface area contributed by atoms with Crippen molar-refractivity contribution < 1.29 is 4.74 Å². The lowest BCUT2D eigenvalue weighted by atomic mass is 10.1. The van der Waals surface area contributed by atoms with Gasteiger partial charge in [-0.25, -0.2) is 0 Å². The minimum Gasteiger partial charge on any atom is -0.492 e. The minimum atomic E-state index is 0.640. The summed E-state index contributed by atoms with van der Waals surface area (Å²) < 4.78 is 6.98. The van der Waals surface area contributed by atoms with Crippen LogP contribution in [0.3, 0.4) is 0 Å². The molecular weight excluding hydrogens is 326 g/mol. The molecule has 110 valence electrons. The van der Waals surface area contributed by atoms with Gasteiger partial charge in [0.1, 0.15) is 5.75 Å². The second-order valence-electron chi connectivity index (χ2n) is 5.60. The van der Waals surface area contributed by atoms with Crippen LogP contribution in [0.2, 0.25) is 0 Å². The zero-order valence-corrected chi connectivity index (χ0v) is 13.6. The van der Waals surface area contributed by atoms with Gasteiger partial charge in [0.05, 0.1) is 11.1 Å². The van der Waals surface area contributed by atoms with Crippen LogP contribution in [-0.2, 0) is 6.42 Å². The molecule has 0 amide bonds. The first-order chi connectivity index (χ1) is 10.3. The SMILES string of the molecule is Brc1cc(Cc2ccccc2)ccc1OCC1CCNC1. The predicted molar refractivity (Wildman–Crippen MR) is 89.9 cm³/mol. The molecular formula is C18H20BrNO. The average molecular weight is 346 g/mol. The fourth-order valence-corrected chi connectivity index (χ4v) is 3.21. The van der Waals surface area contributed by atoms with Crippen LogP contribution in [0.1, 0.15) is 17.5 Å². The maximum atomic E-state index is 5.94. The van der Waals surface area contributed by atoms with Gasteiger partial charge in [0, 0.05) is 12.5 Å². The van der Waals surface area contributed by atoms with Gasteiger partial charge in [0.25, 0.3) is 0 Å². The molecule has 1 N–H and O–H groups in total. The molecule has 0 bridgehead atoms. The number of nitrogens with one attached hydrogen (secondary N) is 1. The van der Waals surface area contributed by atoms with E-state index in [1.165, 1.54) is 17.5 Å². The van der Waals surface area contributed by atoms with E-state index in [1.54, 1.807) is 0 Å². The van der Waals surface area contributed by atoms with Gasteiger partial charge in [-0.15, -0.1) is 0 Å². The molecule has 1 atom stereocenters. The Morgan fingerprint density at radius 1 is 1.10 bits per heavy atom. The molecule has 0 spiro atoms. The Labute approximate surface area is 134 Å². The largest absolute Gasteiger partial charge is 0.492 e. The summed E-state index contributed by atoms with van der Waals surface area (Å²) in [5.74, 6) is 1.58. The Bertz CT molecular complexity index is 579. The molecule has 1 aliphatic rings. The molecule has 3 rings (SSSR count). The smallest absolute Gasteiger partial charge is 0.133 e. The van der Waals surface area contributed by atoms with Crippen LogP contribution in [0.25, 0.3) is 0 Å². The molecule has 1 fully saturated rings. The highest BCUT2D eigenvalue weighted by molar-refractivity contribution is 9.10. The van der Waals surface area contributed by atoms with Crippen molar-refractivity contribution in [2.24, 2.45) is 5.92 Å². The Kier molecular flexibility index (Phi) is 4.94. The Morgan fingerprint density at radius 2 is 1.95 bits per heavy atom. The molecule has 2 nitrogen and oxygen atoms in total.